The van der Waals surface area contributed by atoms with Crippen LogP contribution >= 0.6 is 15.9 Å². The number of amides is 1. The minimum absolute atomic E-state index is 0.000865. The maximum absolute atomic E-state index is 13.2. The van der Waals surface area contributed by atoms with Crippen LogP contribution in [0.1, 0.15) is 25.3 Å². The smallest absolute Gasteiger partial charge is 0.326 e. The maximum atomic E-state index is 13.2. The lowest BCUT2D eigenvalue weighted by molar-refractivity contribution is -0.149. The molecule has 0 aromatic heterocycles. The topological polar surface area (TPSA) is 57.6 Å². The molecule has 1 aliphatic carbocycles. The van der Waals surface area contributed by atoms with Gasteiger partial charge < -0.3 is 10.0 Å². The van der Waals surface area contributed by atoms with Crippen LogP contribution in [-0.4, -0.2) is 34.0 Å². The number of benzene rings is 1. The Labute approximate surface area is 124 Å². The Morgan fingerprint density at radius 2 is 2.15 bits per heavy atom. The third kappa shape index (κ3) is 3.36. The van der Waals surface area contributed by atoms with Crippen molar-refractivity contribution in [2.24, 2.45) is 0 Å². The Bertz CT molecular complexity index is 545. The van der Waals surface area contributed by atoms with Crippen molar-refractivity contribution in [1.29, 1.82) is 0 Å². The first-order valence-electron chi connectivity index (χ1n) is 6.38. The van der Waals surface area contributed by atoms with E-state index >= 15 is 0 Å². The number of carbonyl (C=O) groups is 2. The fourth-order valence-corrected chi connectivity index (χ4v) is 2.53. The largest absolute Gasteiger partial charge is 0.480 e. The Morgan fingerprint density at radius 3 is 2.70 bits per heavy atom. The van der Waals surface area contributed by atoms with Crippen molar-refractivity contribution in [1.82, 2.24) is 4.90 Å². The van der Waals surface area contributed by atoms with Crippen molar-refractivity contribution >= 4 is 27.8 Å². The summed E-state index contributed by atoms with van der Waals surface area (Å²) in [7, 11) is 0. The van der Waals surface area contributed by atoms with E-state index in [9.17, 15) is 14.0 Å². The summed E-state index contributed by atoms with van der Waals surface area (Å²) < 4.78 is 13.9. The summed E-state index contributed by atoms with van der Waals surface area (Å²) in [5.74, 6) is -1.72. The molecule has 0 saturated heterocycles. The monoisotopic (exact) mass is 343 g/mol. The number of nitrogens with zero attached hydrogens (tertiary/aromatic N) is 1. The summed E-state index contributed by atoms with van der Waals surface area (Å²) in [5.41, 5.74) is 0.526. The molecule has 6 heteroatoms. The summed E-state index contributed by atoms with van der Waals surface area (Å²) in [6.45, 7) is 1.50. The molecule has 1 N–H and O–H groups in total. The van der Waals surface area contributed by atoms with E-state index in [0.717, 1.165) is 12.8 Å². The van der Waals surface area contributed by atoms with Crippen LogP contribution in [0.2, 0.25) is 0 Å². The molecule has 0 bridgehead atoms. The van der Waals surface area contributed by atoms with Crippen molar-refractivity contribution in [3.63, 3.8) is 0 Å². The predicted molar refractivity (Wildman–Crippen MR) is 74.8 cm³/mol. The zero-order valence-corrected chi connectivity index (χ0v) is 12.6. The van der Waals surface area contributed by atoms with E-state index in [0.29, 0.717) is 10.0 Å². The van der Waals surface area contributed by atoms with E-state index in [1.807, 2.05) is 0 Å². The maximum Gasteiger partial charge on any atom is 0.326 e. The van der Waals surface area contributed by atoms with E-state index in [4.69, 9.17) is 5.11 Å². The van der Waals surface area contributed by atoms with Gasteiger partial charge >= 0.3 is 5.97 Å². The van der Waals surface area contributed by atoms with Gasteiger partial charge in [-0.25, -0.2) is 9.18 Å². The SMILES string of the molecule is CC(C(=O)O)N(C(=O)Cc1cc(F)ccc1Br)C1CC1. The van der Waals surface area contributed by atoms with Crippen LogP contribution in [0.25, 0.3) is 0 Å². The second kappa shape index (κ2) is 5.91. The molecular weight excluding hydrogens is 329 g/mol. The quantitative estimate of drug-likeness (QED) is 0.893. The van der Waals surface area contributed by atoms with Crippen LogP contribution in [0.5, 0.6) is 0 Å². The summed E-state index contributed by atoms with van der Waals surface area (Å²) in [5, 5.41) is 9.08. The zero-order chi connectivity index (χ0) is 14.9. The number of carbonyl (C=O) groups excluding carboxylic acids is 1. The second-order valence-corrected chi connectivity index (χ2v) is 5.81. The first kappa shape index (κ1) is 15.0. The van der Waals surface area contributed by atoms with Gasteiger partial charge in [0.25, 0.3) is 0 Å². The Balaban J connectivity index is 2.16. The molecule has 1 atom stereocenters. The highest BCUT2D eigenvalue weighted by Gasteiger charge is 2.38. The van der Waals surface area contributed by atoms with Gasteiger partial charge in [-0.1, -0.05) is 15.9 Å². The second-order valence-electron chi connectivity index (χ2n) is 4.96. The summed E-state index contributed by atoms with van der Waals surface area (Å²) in [4.78, 5) is 24.8. The highest BCUT2D eigenvalue weighted by Crippen LogP contribution is 2.30. The number of aliphatic carboxylic acids is 1. The molecule has 1 unspecified atom stereocenters. The summed E-state index contributed by atoms with van der Waals surface area (Å²) in [6, 6.07) is 3.28. The molecule has 1 amide bonds. The van der Waals surface area contributed by atoms with Crippen LogP contribution in [0.3, 0.4) is 0 Å². The first-order valence-corrected chi connectivity index (χ1v) is 7.17. The Kier molecular flexibility index (Phi) is 4.42. The molecule has 0 radical (unpaired) electrons. The van der Waals surface area contributed by atoms with Crippen molar-refractivity contribution in [3.05, 3.63) is 34.1 Å². The molecule has 4 nitrogen and oxygen atoms in total. The minimum Gasteiger partial charge on any atom is -0.480 e. The third-order valence-electron chi connectivity index (χ3n) is 3.35. The molecule has 108 valence electrons. The molecule has 20 heavy (non-hydrogen) atoms. The lowest BCUT2D eigenvalue weighted by Gasteiger charge is -2.26. The van der Waals surface area contributed by atoms with Crippen LogP contribution in [0, 0.1) is 5.82 Å². The van der Waals surface area contributed by atoms with Crippen LogP contribution in [0.4, 0.5) is 4.39 Å². The molecule has 0 heterocycles. The average Bonchev–Trinajstić information content (AvgIpc) is 3.18. The number of hydrogen-bond acceptors (Lipinski definition) is 2. The molecule has 1 aliphatic rings. The molecule has 0 spiro atoms. The summed E-state index contributed by atoms with van der Waals surface area (Å²) >= 11 is 3.27. The molecule has 0 aliphatic heterocycles. The fourth-order valence-electron chi connectivity index (χ4n) is 2.14. The van der Waals surface area contributed by atoms with Crippen LogP contribution < -0.4 is 0 Å². The fraction of sp³-hybridized carbons (Fsp3) is 0.429. The third-order valence-corrected chi connectivity index (χ3v) is 4.13. The lowest BCUT2D eigenvalue weighted by atomic mass is 10.1. The predicted octanol–water partition coefficient (Wildman–Crippen LogP) is 2.59. The molecule has 2 rings (SSSR count). The van der Waals surface area contributed by atoms with E-state index < -0.39 is 17.8 Å². The normalized spacial score (nSPS) is 15.8. The van der Waals surface area contributed by atoms with E-state index in [1.54, 1.807) is 6.07 Å². The molecule has 1 aromatic carbocycles. The van der Waals surface area contributed by atoms with Gasteiger partial charge in [-0.2, -0.15) is 0 Å². The van der Waals surface area contributed by atoms with Gasteiger partial charge in [0.1, 0.15) is 11.9 Å². The van der Waals surface area contributed by atoms with Crippen LogP contribution in [0.15, 0.2) is 22.7 Å². The van der Waals surface area contributed by atoms with Crippen molar-refractivity contribution in [2.75, 3.05) is 0 Å². The standard InChI is InChI=1S/C14H15BrFNO3/c1-8(14(19)20)17(11-3-4-11)13(18)7-9-6-10(16)2-5-12(9)15/h2,5-6,8,11H,3-4,7H2,1H3,(H,19,20). The number of hydrogen-bond donors (Lipinski definition) is 1. The zero-order valence-electron chi connectivity index (χ0n) is 11.0. The van der Waals surface area contributed by atoms with Crippen molar-refractivity contribution < 1.29 is 19.1 Å². The van der Waals surface area contributed by atoms with E-state index in [-0.39, 0.29) is 18.4 Å². The van der Waals surface area contributed by atoms with Gasteiger partial charge in [0, 0.05) is 10.5 Å². The van der Waals surface area contributed by atoms with Gasteiger partial charge in [-0.05, 0) is 43.5 Å². The Hall–Kier alpha value is -1.43. The molecule has 1 fully saturated rings. The first-order chi connectivity index (χ1) is 9.40. The van der Waals surface area contributed by atoms with Gasteiger partial charge in [-0.3, -0.25) is 4.79 Å². The van der Waals surface area contributed by atoms with Gasteiger partial charge in [-0.15, -0.1) is 0 Å². The van der Waals surface area contributed by atoms with Crippen LogP contribution in [-0.2, 0) is 16.0 Å². The summed E-state index contributed by atoms with van der Waals surface area (Å²) in [6.07, 6.45) is 1.65. The van der Waals surface area contributed by atoms with E-state index in [2.05, 4.69) is 15.9 Å². The lowest BCUT2D eigenvalue weighted by Crippen LogP contribution is -2.45. The number of carboxylic acids is 1. The number of rotatable bonds is 5. The van der Waals surface area contributed by atoms with Crippen molar-refractivity contribution in [2.45, 2.75) is 38.3 Å². The highest BCUT2D eigenvalue weighted by atomic mass is 79.9. The molecule has 1 saturated carbocycles. The Morgan fingerprint density at radius 1 is 1.50 bits per heavy atom. The number of halogens is 2. The van der Waals surface area contributed by atoms with Gasteiger partial charge in [0.2, 0.25) is 5.91 Å². The van der Waals surface area contributed by atoms with Gasteiger partial charge in [0.05, 0.1) is 6.42 Å². The van der Waals surface area contributed by atoms with Gasteiger partial charge in [0.15, 0.2) is 0 Å². The molecular formula is C14H15BrFNO3. The number of carboxylic acid groups (broad SMARTS) is 1. The van der Waals surface area contributed by atoms with E-state index in [1.165, 1.54) is 24.0 Å². The van der Waals surface area contributed by atoms with Crippen molar-refractivity contribution in [3.8, 4) is 0 Å². The minimum atomic E-state index is -1.02. The molecule has 1 aromatic rings. The highest BCUT2D eigenvalue weighted by molar-refractivity contribution is 9.10. The average molecular weight is 344 g/mol.